The van der Waals surface area contributed by atoms with Gasteiger partial charge in [-0.3, -0.25) is 14.4 Å². The maximum atomic E-state index is 11.3. The molecule has 1 saturated heterocycles. The van der Waals surface area contributed by atoms with Gasteiger partial charge < -0.3 is 15.5 Å². The number of ketones is 1. The minimum absolute atomic E-state index is 0.233. The van der Waals surface area contributed by atoms with Gasteiger partial charge in [-0.25, -0.2) is 0 Å². The van der Waals surface area contributed by atoms with E-state index in [9.17, 15) is 14.4 Å². The Hall–Kier alpha value is -1.43. The summed E-state index contributed by atoms with van der Waals surface area (Å²) < 4.78 is 0. The molecule has 96 valence electrons. The summed E-state index contributed by atoms with van der Waals surface area (Å²) in [5.41, 5.74) is 0. The first kappa shape index (κ1) is 13.6. The minimum atomic E-state index is -0.613. The molecule has 0 bridgehead atoms. The van der Waals surface area contributed by atoms with E-state index in [1.54, 1.807) is 0 Å². The Morgan fingerprint density at radius 2 is 2.00 bits per heavy atom. The maximum Gasteiger partial charge on any atom is 0.289 e. The van der Waals surface area contributed by atoms with Crippen molar-refractivity contribution in [2.75, 3.05) is 33.2 Å². The Kier molecular flexibility index (Phi) is 5.62. The normalized spacial score (nSPS) is 17.5. The van der Waals surface area contributed by atoms with Gasteiger partial charge in [0, 0.05) is 6.54 Å². The third kappa shape index (κ3) is 4.95. The molecule has 1 fully saturated rings. The molecule has 17 heavy (non-hydrogen) atoms. The van der Waals surface area contributed by atoms with Crippen LogP contribution in [0.2, 0.25) is 0 Å². The molecule has 0 aromatic heterocycles. The lowest BCUT2D eigenvalue weighted by Crippen LogP contribution is -2.41. The van der Waals surface area contributed by atoms with E-state index in [1.165, 1.54) is 0 Å². The zero-order chi connectivity index (χ0) is 12.7. The number of carbonyl (C=O) groups is 3. The van der Waals surface area contributed by atoms with Crippen LogP contribution in [0.15, 0.2) is 0 Å². The van der Waals surface area contributed by atoms with Crippen LogP contribution in [0.3, 0.4) is 0 Å². The number of nitrogens with one attached hydrogen (secondary N) is 2. The molecule has 1 aliphatic heterocycles. The summed E-state index contributed by atoms with van der Waals surface area (Å²) in [6.07, 6.45) is 2.48. The zero-order valence-electron chi connectivity index (χ0n) is 10.1. The van der Waals surface area contributed by atoms with Crippen LogP contribution in [0.1, 0.15) is 12.8 Å². The van der Waals surface area contributed by atoms with Crippen molar-refractivity contribution in [1.29, 1.82) is 0 Å². The average molecular weight is 241 g/mol. The standard InChI is InChI=1S/C11H19N3O3/c1-14-4-2-9(3-5-14)6-13-11(17)10(16)7-12-8-15/h8-9H,2-7H2,1H3,(H,12,15)(H,13,17). The lowest BCUT2D eigenvalue weighted by molar-refractivity contribution is -0.137. The van der Waals surface area contributed by atoms with Gasteiger partial charge in [0.25, 0.3) is 5.91 Å². The first-order valence-electron chi connectivity index (χ1n) is 5.80. The third-order valence-corrected chi connectivity index (χ3v) is 2.99. The monoisotopic (exact) mass is 241 g/mol. The van der Waals surface area contributed by atoms with Crippen molar-refractivity contribution in [3.8, 4) is 0 Å². The number of likely N-dealkylation sites (tertiary alicyclic amines) is 1. The summed E-state index contributed by atoms with van der Waals surface area (Å²) in [6.45, 7) is 2.37. The molecule has 6 heteroatoms. The lowest BCUT2D eigenvalue weighted by atomic mass is 9.97. The Bertz CT molecular complexity index is 286. The van der Waals surface area contributed by atoms with Crippen molar-refractivity contribution in [2.24, 2.45) is 5.92 Å². The number of rotatable bonds is 6. The molecule has 0 saturated carbocycles. The first-order valence-corrected chi connectivity index (χ1v) is 5.80. The predicted molar refractivity (Wildman–Crippen MR) is 62.3 cm³/mol. The van der Waals surface area contributed by atoms with Crippen LogP contribution in [0.25, 0.3) is 0 Å². The Morgan fingerprint density at radius 3 is 2.59 bits per heavy atom. The predicted octanol–water partition coefficient (Wildman–Crippen LogP) is -1.24. The highest BCUT2D eigenvalue weighted by Crippen LogP contribution is 2.14. The average Bonchev–Trinajstić information content (AvgIpc) is 2.34. The van der Waals surface area contributed by atoms with Crippen LogP contribution in [0.4, 0.5) is 0 Å². The second-order valence-corrected chi connectivity index (χ2v) is 4.38. The van der Waals surface area contributed by atoms with Crippen molar-refractivity contribution in [3.63, 3.8) is 0 Å². The number of amides is 2. The molecule has 0 atom stereocenters. The fourth-order valence-corrected chi connectivity index (χ4v) is 1.82. The Morgan fingerprint density at radius 1 is 1.35 bits per heavy atom. The van der Waals surface area contributed by atoms with E-state index in [2.05, 4.69) is 22.6 Å². The fourth-order valence-electron chi connectivity index (χ4n) is 1.82. The van der Waals surface area contributed by atoms with Crippen molar-refractivity contribution >= 4 is 18.1 Å². The maximum absolute atomic E-state index is 11.3. The number of carbonyl (C=O) groups excluding carboxylic acids is 3. The quantitative estimate of drug-likeness (QED) is 0.450. The van der Waals surface area contributed by atoms with Gasteiger partial charge in [-0.1, -0.05) is 0 Å². The summed E-state index contributed by atoms with van der Waals surface area (Å²) in [6, 6.07) is 0. The molecule has 1 rings (SSSR count). The Labute approximate surface area is 101 Å². The van der Waals surface area contributed by atoms with Crippen molar-refractivity contribution in [3.05, 3.63) is 0 Å². The van der Waals surface area contributed by atoms with E-state index in [0.29, 0.717) is 18.9 Å². The van der Waals surface area contributed by atoms with Gasteiger partial charge in [0.15, 0.2) is 0 Å². The van der Waals surface area contributed by atoms with Gasteiger partial charge in [-0.15, -0.1) is 0 Å². The fraction of sp³-hybridized carbons (Fsp3) is 0.727. The highest BCUT2D eigenvalue weighted by molar-refractivity contribution is 6.37. The smallest absolute Gasteiger partial charge is 0.289 e. The molecule has 2 amide bonds. The highest BCUT2D eigenvalue weighted by Gasteiger charge is 2.19. The van der Waals surface area contributed by atoms with Gasteiger partial charge in [0.05, 0.1) is 6.54 Å². The Balaban J connectivity index is 2.19. The van der Waals surface area contributed by atoms with Gasteiger partial charge in [0.2, 0.25) is 12.2 Å². The zero-order valence-corrected chi connectivity index (χ0v) is 10.1. The second-order valence-electron chi connectivity index (χ2n) is 4.38. The molecule has 2 N–H and O–H groups in total. The van der Waals surface area contributed by atoms with Crippen molar-refractivity contribution < 1.29 is 14.4 Å². The largest absolute Gasteiger partial charge is 0.351 e. The summed E-state index contributed by atoms with van der Waals surface area (Å²) in [5, 5.41) is 4.79. The van der Waals surface area contributed by atoms with Crippen LogP contribution in [-0.2, 0) is 14.4 Å². The minimum Gasteiger partial charge on any atom is -0.351 e. The van der Waals surface area contributed by atoms with Crippen molar-refractivity contribution in [2.45, 2.75) is 12.8 Å². The molecule has 0 radical (unpaired) electrons. The van der Waals surface area contributed by atoms with E-state index >= 15 is 0 Å². The summed E-state index contributed by atoms with van der Waals surface area (Å²) in [5.74, 6) is -0.773. The molecule has 0 aromatic carbocycles. The second kappa shape index (κ2) is 7.01. The number of hydrogen-bond acceptors (Lipinski definition) is 4. The number of nitrogens with zero attached hydrogens (tertiary/aromatic N) is 1. The van der Waals surface area contributed by atoms with E-state index in [0.717, 1.165) is 25.9 Å². The van der Waals surface area contributed by atoms with Gasteiger partial charge in [-0.2, -0.15) is 0 Å². The molecule has 0 spiro atoms. The van der Waals surface area contributed by atoms with Crippen LogP contribution in [0.5, 0.6) is 0 Å². The first-order chi connectivity index (χ1) is 8.13. The molecule has 1 aliphatic rings. The lowest BCUT2D eigenvalue weighted by Gasteiger charge is -2.28. The molecule has 6 nitrogen and oxygen atoms in total. The van der Waals surface area contributed by atoms with Crippen LogP contribution in [-0.4, -0.2) is 56.2 Å². The summed E-state index contributed by atoms with van der Waals surface area (Å²) in [4.78, 5) is 34.7. The SMILES string of the molecule is CN1CCC(CNC(=O)C(=O)CNC=O)CC1. The summed E-state index contributed by atoms with van der Waals surface area (Å²) in [7, 11) is 2.07. The number of Topliss-reactive ketones (excluding diaryl/α,β-unsaturated/α-hetero) is 1. The molecule has 1 heterocycles. The summed E-state index contributed by atoms with van der Waals surface area (Å²) >= 11 is 0. The van der Waals surface area contributed by atoms with Gasteiger partial charge in [-0.05, 0) is 38.9 Å². The molecule has 0 unspecified atom stereocenters. The van der Waals surface area contributed by atoms with E-state index in [1.807, 2.05) is 0 Å². The number of hydrogen-bond donors (Lipinski definition) is 2. The van der Waals surface area contributed by atoms with E-state index in [4.69, 9.17) is 0 Å². The topological polar surface area (TPSA) is 78.5 Å². The molecule has 0 aromatic rings. The third-order valence-electron chi connectivity index (χ3n) is 2.99. The number of piperidine rings is 1. The molecule has 0 aliphatic carbocycles. The van der Waals surface area contributed by atoms with Crippen LogP contribution < -0.4 is 10.6 Å². The van der Waals surface area contributed by atoms with Crippen LogP contribution >= 0.6 is 0 Å². The van der Waals surface area contributed by atoms with Crippen LogP contribution in [0, 0.1) is 5.92 Å². The molecular formula is C11H19N3O3. The van der Waals surface area contributed by atoms with Crippen molar-refractivity contribution in [1.82, 2.24) is 15.5 Å². The van der Waals surface area contributed by atoms with Gasteiger partial charge >= 0.3 is 0 Å². The molecular weight excluding hydrogens is 222 g/mol. The van der Waals surface area contributed by atoms with Gasteiger partial charge in [0.1, 0.15) is 0 Å². The highest BCUT2D eigenvalue weighted by atomic mass is 16.2. The van der Waals surface area contributed by atoms with E-state index in [-0.39, 0.29) is 6.54 Å². The van der Waals surface area contributed by atoms with E-state index < -0.39 is 11.7 Å².